The van der Waals surface area contributed by atoms with E-state index >= 15 is 0 Å². The highest BCUT2D eigenvalue weighted by molar-refractivity contribution is 5.72. The molecule has 0 aromatic heterocycles. The Hall–Kier alpha value is -1.42. The van der Waals surface area contributed by atoms with Crippen LogP contribution in [0.2, 0.25) is 0 Å². The van der Waals surface area contributed by atoms with E-state index in [-0.39, 0.29) is 5.82 Å². The van der Waals surface area contributed by atoms with E-state index < -0.39 is 12.0 Å². The van der Waals surface area contributed by atoms with Crippen LogP contribution in [0.3, 0.4) is 0 Å². The molecule has 0 aliphatic heterocycles. The molecule has 1 rings (SSSR count). The van der Waals surface area contributed by atoms with Gasteiger partial charge in [0.15, 0.2) is 0 Å². The van der Waals surface area contributed by atoms with Crippen LogP contribution in [0.4, 0.5) is 4.39 Å². The monoisotopic (exact) mass is 211 g/mol. The molecule has 1 aromatic rings. The number of rotatable bonds is 5. The van der Waals surface area contributed by atoms with Crippen molar-refractivity contribution in [3.63, 3.8) is 0 Å². The van der Waals surface area contributed by atoms with Gasteiger partial charge in [-0.2, -0.15) is 0 Å². The van der Waals surface area contributed by atoms with E-state index in [1.807, 2.05) is 0 Å². The summed E-state index contributed by atoms with van der Waals surface area (Å²) in [6.07, 6.45) is 1.46. The Labute approximate surface area is 87.7 Å². The van der Waals surface area contributed by atoms with Crippen LogP contribution in [0.15, 0.2) is 24.3 Å². The lowest BCUT2D eigenvalue weighted by molar-refractivity contribution is -0.138. The molecule has 0 aliphatic carbocycles. The Balaban J connectivity index is 2.38. The largest absolute Gasteiger partial charge is 0.480 e. The Morgan fingerprint density at radius 3 is 2.73 bits per heavy atom. The maximum Gasteiger partial charge on any atom is 0.320 e. The van der Waals surface area contributed by atoms with Crippen molar-refractivity contribution < 1.29 is 14.3 Å². The second-order valence-corrected chi connectivity index (χ2v) is 3.43. The minimum atomic E-state index is -1.01. The molecule has 82 valence electrons. The maximum absolute atomic E-state index is 13.1. The van der Waals surface area contributed by atoms with E-state index in [0.717, 1.165) is 0 Å². The van der Waals surface area contributed by atoms with Gasteiger partial charge >= 0.3 is 5.97 Å². The molecular formula is C11H14FNO2. The van der Waals surface area contributed by atoms with Gasteiger partial charge in [0.05, 0.1) is 0 Å². The Morgan fingerprint density at radius 2 is 2.13 bits per heavy atom. The summed E-state index contributed by atoms with van der Waals surface area (Å²) in [4.78, 5) is 10.4. The third-order valence-electron chi connectivity index (χ3n) is 2.24. The minimum Gasteiger partial charge on any atom is -0.480 e. The summed E-state index contributed by atoms with van der Waals surface area (Å²) < 4.78 is 13.1. The molecule has 0 saturated carbocycles. The van der Waals surface area contributed by atoms with Crippen LogP contribution in [-0.4, -0.2) is 17.1 Å². The van der Waals surface area contributed by atoms with E-state index in [9.17, 15) is 9.18 Å². The van der Waals surface area contributed by atoms with Crippen molar-refractivity contribution in [2.24, 2.45) is 5.73 Å². The molecule has 1 aromatic carbocycles. The summed E-state index contributed by atoms with van der Waals surface area (Å²) in [5, 5.41) is 8.53. The Bertz CT molecular complexity index is 341. The zero-order chi connectivity index (χ0) is 11.3. The van der Waals surface area contributed by atoms with Crippen molar-refractivity contribution in [3.05, 3.63) is 35.6 Å². The van der Waals surface area contributed by atoms with Gasteiger partial charge in [0.2, 0.25) is 0 Å². The Kier molecular flexibility index (Phi) is 4.24. The number of carboxylic acid groups (broad SMARTS) is 1. The lowest BCUT2D eigenvalue weighted by Gasteiger charge is -2.06. The predicted octanol–water partition coefficient (Wildman–Crippen LogP) is 1.56. The van der Waals surface area contributed by atoms with Gasteiger partial charge in [-0.1, -0.05) is 18.2 Å². The van der Waals surface area contributed by atoms with Gasteiger partial charge in [0.1, 0.15) is 11.9 Å². The van der Waals surface area contributed by atoms with Crippen molar-refractivity contribution in [2.75, 3.05) is 0 Å². The molecular weight excluding hydrogens is 197 g/mol. The van der Waals surface area contributed by atoms with Crippen molar-refractivity contribution in [1.82, 2.24) is 0 Å². The first-order chi connectivity index (χ1) is 7.11. The van der Waals surface area contributed by atoms with Gasteiger partial charge < -0.3 is 10.8 Å². The van der Waals surface area contributed by atoms with Crippen LogP contribution in [0.25, 0.3) is 0 Å². The second kappa shape index (κ2) is 5.46. The molecule has 0 radical (unpaired) electrons. The SMILES string of the molecule is NC(CCCc1ccccc1F)C(=O)O. The van der Waals surface area contributed by atoms with Gasteiger partial charge in [0, 0.05) is 0 Å². The molecule has 0 amide bonds. The number of aryl methyl sites for hydroxylation is 1. The van der Waals surface area contributed by atoms with E-state index in [0.29, 0.717) is 24.8 Å². The lowest BCUT2D eigenvalue weighted by atomic mass is 10.0. The van der Waals surface area contributed by atoms with Gasteiger partial charge in [-0.15, -0.1) is 0 Å². The molecule has 0 saturated heterocycles. The summed E-state index contributed by atoms with van der Waals surface area (Å²) in [7, 11) is 0. The first-order valence-corrected chi connectivity index (χ1v) is 4.83. The minimum absolute atomic E-state index is 0.249. The number of carboxylic acids is 1. The summed E-state index contributed by atoms with van der Waals surface area (Å²) in [6.45, 7) is 0. The average molecular weight is 211 g/mol. The van der Waals surface area contributed by atoms with Gasteiger partial charge in [-0.25, -0.2) is 4.39 Å². The zero-order valence-electron chi connectivity index (χ0n) is 8.32. The molecule has 0 aliphatic rings. The molecule has 4 heteroatoms. The van der Waals surface area contributed by atoms with Crippen molar-refractivity contribution in [1.29, 1.82) is 0 Å². The van der Waals surface area contributed by atoms with Crippen LogP contribution in [0.1, 0.15) is 18.4 Å². The highest BCUT2D eigenvalue weighted by Gasteiger charge is 2.10. The molecule has 0 heterocycles. The number of hydrogen-bond acceptors (Lipinski definition) is 2. The van der Waals surface area contributed by atoms with E-state index in [2.05, 4.69) is 0 Å². The number of aliphatic carboxylic acids is 1. The predicted molar refractivity (Wildman–Crippen MR) is 54.9 cm³/mol. The van der Waals surface area contributed by atoms with E-state index in [1.165, 1.54) is 6.07 Å². The van der Waals surface area contributed by atoms with Crippen LogP contribution < -0.4 is 5.73 Å². The summed E-state index contributed by atoms with van der Waals surface area (Å²) in [6, 6.07) is 5.63. The third-order valence-corrected chi connectivity index (χ3v) is 2.24. The molecule has 15 heavy (non-hydrogen) atoms. The van der Waals surface area contributed by atoms with Crippen LogP contribution in [0, 0.1) is 5.82 Å². The third kappa shape index (κ3) is 3.67. The van der Waals surface area contributed by atoms with E-state index in [1.54, 1.807) is 18.2 Å². The average Bonchev–Trinajstić information content (AvgIpc) is 2.20. The van der Waals surface area contributed by atoms with Gasteiger partial charge in [0.25, 0.3) is 0 Å². The van der Waals surface area contributed by atoms with Gasteiger partial charge in [-0.05, 0) is 30.9 Å². The number of benzene rings is 1. The fourth-order valence-electron chi connectivity index (χ4n) is 1.34. The fraction of sp³-hybridized carbons (Fsp3) is 0.364. The van der Waals surface area contributed by atoms with Crippen LogP contribution in [-0.2, 0) is 11.2 Å². The number of nitrogens with two attached hydrogens (primary N) is 1. The topological polar surface area (TPSA) is 63.3 Å². The molecule has 0 fully saturated rings. The molecule has 0 bridgehead atoms. The smallest absolute Gasteiger partial charge is 0.320 e. The first-order valence-electron chi connectivity index (χ1n) is 4.83. The molecule has 3 N–H and O–H groups in total. The zero-order valence-corrected chi connectivity index (χ0v) is 8.32. The normalized spacial score (nSPS) is 12.4. The number of carbonyl (C=O) groups is 1. The van der Waals surface area contributed by atoms with E-state index in [4.69, 9.17) is 10.8 Å². The molecule has 0 spiro atoms. The van der Waals surface area contributed by atoms with Crippen LogP contribution >= 0.6 is 0 Å². The number of halogens is 1. The van der Waals surface area contributed by atoms with Crippen molar-refractivity contribution >= 4 is 5.97 Å². The summed E-state index contributed by atoms with van der Waals surface area (Å²) in [5.74, 6) is -1.26. The molecule has 1 atom stereocenters. The summed E-state index contributed by atoms with van der Waals surface area (Å²) >= 11 is 0. The highest BCUT2D eigenvalue weighted by Crippen LogP contribution is 2.10. The lowest BCUT2D eigenvalue weighted by Crippen LogP contribution is -2.29. The summed E-state index contributed by atoms with van der Waals surface area (Å²) in [5.41, 5.74) is 5.93. The van der Waals surface area contributed by atoms with Crippen molar-refractivity contribution in [2.45, 2.75) is 25.3 Å². The molecule has 3 nitrogen and oxygen atoms in total. The van der Waals surface area contributed by atoms with Gasteiger partial charge in [-0.3, -0.25) is 4.79 Å². The molecule has 1 unspecified atom stereocenters. The number of hydrogen-bond donors (Lipinski definition) is 2. The second-order valence-electron chi connectivity index (χ2n) is 3.43. The first kappa shape index (κ1) is 11.7. The van der Waals surface area contributed by atoms with Crippen LogP contribution in [0.5, 0.6) is 0 Å². The maximum atomic E-state index is 13.1. The highest BCUT2D eigenvalue weighted by atomic mass is 19.1. The fourth-order valence-corrected chi connectivity index (χ4v) is 1.34. The Morgan fingerprint density at radius 1 is 1.47 bits per heavy atom. The van der Waals surface area contributed by atoms with Crippen molar-refractivity contribution in [3.8, 4) is 0 Å². The quantitative estimate of drug-likeness (QED) is 0.776. The standard InChI is InChI=1S/C11H14FNO2/c12-9-6-2-1-4-8(9)5-3-7-10(13)11(14)15/h1-2,4,6,10H,3,5,7,13H2,(H,14,15).